The monoisotopic (exact) mass is 342 g/mol. The number of thiophene rings is 1. The zero-order chi connectivity index (χ0) is 16.3. The molecule has 22 heavy (non-hydrogen) atoms. The van der Waals surface area contributed by atoms with Crippen LogP contribution in [0.1, 0.15) is 16.5 Å². The van der Waals surface area contributed by atoms with Crippen LogP contribution in [-0.4, -0.2) is 34.0 Å². The number of nitrogens with one attached hydrogen (secondary N) is 1. The van der Waals surface area contributed by atoms with E-state index < -0.39 is 15.8 Å². The number of hydrogen-bond acceptors (Lipinski definition) is 4. The van der Waals surface area contributed by atoms with Crippen molar-refractivity contribution in [3.63, 3.8) is 0 Å². The SMILES string of the molecule is Cc1cc(F)ccc1S(=O)(=O)NCC(c1cccs1)N(C)C. The van der Waals surface area contributed by atoms with Crippen molar-refractivity contribution in [3.8, 4) is 0 Å². The van der Waals surface area contributed by atoms with Crippen LogP contribution in [-0.2, 0) is 10.0 Å². The van der Waals surface area contributed by atoms with E-state index in [-0.39, 0.29) is 17.5 Å². The highest BCUT2D eigenvalue weighted by Gasteiger charge is 2.21. The average molecular weight is 342 g/mol. The maximum atomic E-state index is 13.1. The van der Waals surface area contributed by atoms with Crippen molar-refractivity contribution in [1.82, 2.24) is 9.62 Å². The van der Waals surface area contributed by atoms with E-state index in [2.05, 4.69) is 4.72 Å². The highest BCUT2D eigenvalue weighted by Crippen LogP contribution is 2.23. The topological polar surface area (TPSA) is 49.4 Å². The summed E-state index contributed by atoms with van der Waals surface area (Å²) >= 11 is 1.58. The van der Waals surface area contributed by atoms with Gasteiger partial charge in [0, 0.05) is 11.4 Å². The molecule has 0 amide bonds. The predicted molar refractivity (Wildman–Crippen MR) is 87.1 cm³/mol. The summed E-state index contributed by atoms with van der Waals surface area (Å²) in [4.78, 5) is 3.16. The summed E-state index contributed by atoms with van der Waals surface area (Å²) in [6.07, 6.45) is 0. The molecule has 0 aliphatic heterocycles. The number of aryl methyl sites for hydroxylation is 1. The largest absolute Gasteiger partial charge is 0.300 e. The molecule has 1 atom stereocenters. The number of hydrogen-bond donors (Lipinski definition) is 1. The van der Waals surface area contributed by atoms with E-state index in [1.165, 1.54) is 12.1 Å². The second kappa shape index (κ2) is 6.87. The first-order valence-corrected chi connectivity index (χ1v) is 9.13. The second-order valence-corrected chi connectivity index (χ2v) is 7.97. The van der Waals surface area contributed by atoms with E-state index in [1.807, 2.05) is 36.5 Å². The summed E-state index contributed by atoms with van der Waals surface area (Å²) < 4.78 is 40.6. The highest BCUT2D eigenvalue weighted by molar-refractivity contribution is 7.89. The molecule has 4 nitrogen and oxygen atoms in total. The molecule has 0 bridgehead atoms. The van der Waals surface area contributed by atoms with Crippen LogP contribution < -0.4 is 4.72 Å². The van der Waals surface area contributed by atoms with Gasteiger partial charge < -0.3 is 4.90 Å². The Bertz CT molecular complexity index is 728. The van der Waals surface area contributed by atoms with Gasteiger partial charge in [-0.05, 0) is 56.2 Å². The van der Waals surface area contributed by atoms with Crippen molar-refractivity contribution in [2.24, 2.45) is 0 Å². The molecule has 0 spiro atoms. The number of sulfonamides is 1. The third-order valence-electron chi connectivity index (χ3n) is 3.39. The fourth-order valence-electron chi connectivity index (χ4n) is 2.20. The van der Waals surface area contributed by atoms with E-state index in [0.717, 1.165) is 10.9 Å². The highest BCUT2D eigenvalue weighted by atomic mass is 32.2. The smallest absolute Gasteiger partial charge is 0.240 e. The van der Waals surface area contributed by atoms with Gasteiger partial charge in [0.15, 0.2) is 0 Å². The minimum atomic E-state index is -3.67. The van der Waals surface area contributed by atoms with Gasteiger partial charge >= 0.3 is 0 Å². The summed E-state index contributed by atoms with van der Waals surface area (Å²) in [5.74, 6) is -0.443. The molecular weight excluding hydrogens is 323 g/mol. The zero-order valence-electron chi connectivity index (χ0n) is 12.7. The Morgan fingerprint density at radius 2 is 2.05 bits per heavy atom. The minimum absolute atomic E-state index is 0.0458. The third-order valence-corrected chi connectivity index (χ3v) is 5.95. The quantitative estimate of drug-likeness (QED) is 0.878. The molecule has 2 rings (SSSR count). The summed E-state index contributed by atoms with van der Waals surface area (Å²) in [7, 11) is 0.143. The maximum absolute atomic E-state index is 13.1. The van der Waals surface area contributed by atoms with Crippen molar-refractivity contribution in [1.29, 1.82) is 0 Å². The van der Waals surface area contributed by atoms with Crippen LogP contribution in [0.25, 0.3) is 0 Å². The van der Waals surface area contributed by atoms with E-state index in [0.29, 0.717) is 5.56 Å². The van der Waals surface area contributed by atoms with Crippen LogP contribution in [0, 0.1) is 12.7 Å². The van der Waals surface area contributed by atoms with Crippen molar-refractivity contribution in [3.05, 3.63) is 52.0 Å². The van der Waals surface area contributed by atoms with E-state index >= 15 is 0 Å². The Hall–Kier alpha value is -1.28. The van der Waals surface area contributed by atoms with E-state index in [9.17, 15) is 12.8 Å². The minimum Gasteiger partial charge on any atom is -0.300 e. The molecule has 120 valence electrons. The van der Waals surface area contributed by atoms with Gasteiger partial charge in [-0.3, -0.25) is 0 Å². The van der Waals surface area contributed by atoms with Crippen LogP contribution in [0.15, 0.2) is 40.6 Å². The standard InChI is InChI=1S/C15H19FN2O2S2/c1-11-9-12(16)6-7-15(11)22(19,20)17-10-13(18(2)3)14-5-4-8-21-14/h4-9,13,17H,10H2,1-3H3. The molecule has 0 radical (unpaired) electrons. The summed E-state index contributed by atoms with van der Waals surface area (Å²) in [6.45, 7) is 1.84. The lowest BCUT2D eigenvalue weighted by Gasteiger charge is -2.23. The fourth-order valence-corrected chi connectivity index (χ4v) is 4.38. The van der Waals surface area contributed by atoms with Gasteiger partial charge in [0.1, 0.15) is 5.82 Å². The molecule has 1 aromatic carbocycles. The van der Waals surface area contributed by atoms with Crippen LogP contribution in [0.3, 0.4) is 0 Å². The van der Waals surface area contributed by atoms with Gasteiger partial charge in [-0.15, -0.1) is 11.3 Å². The number of nitrogens with zero attached hydrogens (tertiary/aromatic N) is 1. The van der Waals surface area contributed by atoms with Gasteiger partial charge in [0.05, 0.1) is 10.9 Å². The number of rotatable bonds is 6. The van der Waals surface area contributed by atoms with Crippen molar-refractivity contribution < 1.29 is 12.8 Å². The van der Waals surface area contributed by atoms with Crippen molar-refractivity contribution in [2.45, 2.75) is 17.9 Å². The van der Waals surface area contributed by atoms with Gasteiger partial charge in [-0.25, -0.2) is 17.5 Å². The molecule has 0 saturated heterocycles. The van der Waals surface area contributed by atoms with Crippen molar-refractivity contribution >= 4 is 21.4 Å². The molecule has 0 fully saturated rings. The summed E-state index contributed by atoms with van der Waals surface area (Å²) in [6, 6.07) is 7.54. The Morgan fingerprint density at radius 1 is 1.32 bits per heavy atom. The Kier molecular flexibility index (Phi) is 5.33. The molecule has 0 saturated carbocycles. The molecule has 2 aromatic rings. The average Bonchev–Trinajstić information content (AvgIpc) is 2.91. The van der Waals surface area contributed by atoms with Gasteiger partial charge in [-0.2, -0.15) is 0 Å². The normalized spacial score (nSPS) is 13.5. The lowest BCUT2D eigenvalue weighted by molar-refractivity contribution is 0.303. The Labute approximate surface area is 134 Å². The molecular formula is C15H19FN2O2S2. The Morgan fingerprint density at radius 3 is 2.59 bits per heavy atom. The number of benzene rings is 1. The summed E-state index contributed by atoms with van der Waals surface area (Å²) in [5.41, 5.74) is 0.394. The van der Waals surface area contributed by atoms with Crippen LogP contribution in [0.5, 0.6) is 0 Å². The van der Waals surface area contributed by atoms with Crippen LogP contribution in [0.4, 0.5) is 4.39 Å². The third kappa shape index (κ3) is 3.92. The molecule has 1 heterocycles. The van der Waals surface area contributed by atoms with Gasteiger partial charge in [-0.1, -0.05) is 6.07 Å². The maximum Gasteiger partial charge on any atom is 0.240 e. The first-order valence-electron chi connectivity index (χ1n) is 6.77. The Balaban J connectivity index is 2.18. The first kappa shape index (κ1) is 17.1. The van der Waals surface area contributed by atoms with E-state index in [4.69, 9.17) is 0 Å². The molecule has 0 aliphatic carbocycles. The van der Waals surface area contributed by atoms with Crippen LogP contribution >= 0.6 is 11.3 Å². The predicted octanol–water partition coefficient (Wildman–Crippen LogP) is 2.78. The zero-order valence-corrected chi connectivity index (χ0v) is 14.3. The van der Waals surface area contributed by atoms with Crippen LogP contribution in [0.2, 0.25) is 0 Å². The molecule has 1 unspecified atom stereocenters. The van der Waals surface area contributed by atoms with Gasteiger partial charge in [0.25, 0.3) is 0 Å². The molecule has 1 aromatic heterocycles. The number of halogens is 1. The fraction of sp³-hybridized carbons (Fsp3) is 0.333. The number of likely N-dealkylation sites (N-methyl/N-ethyl adjacent to an activating group) is 1. The summed E-state index contributed by atoms with van der Waals surface area (Å²) in [5, 5.41) is 1.96. The molecule has 1 N–H and O–H groups in total. The molecule has 0 aliphatic rings. The first-order chi connectivity index (χ1) is 10.3. The lowest BCUT2D eigenvalue weighted by Crippen LogP contribution is -2.34. The second-order valence-electron chi connectivity index (χ2n) is 5.26. The van der Waals surface area contributed by atoms with E-state index in [1.54, 1.807) is 18.3 Å². The lowest BCUT2D eigenvalue weighted by atomic mass is 10.2. The van der Waals surface area contributed by atoms with Gasteiger partial charge in [0.2, 0.25) is 10.0 Å². The van der Waals surface area contributed by atoms with Crippen molar-refractivity contribution in [2.75, 3.05) is 20.6 Å². The molecule has 7 heteroatoms.